The maximum atomic E-state index is 5.18. The van der Waals surface area contributed by atoms with Crippen LogP contribution in [-0.2, 0) is 18.3 Å². The number of nitrogens with zero attached hydrogens (tertiary/aromatic N) is 3. The first-order valence-corrected chi connectivity index (χ1v) is 6.62. The zero-order valence-corrected chi connectivity index (χ0v) is 12.3. The number of rotatable bonds is 8. The molecule has 1 aromatic heterocycles. The van der Waals surface area contributed by atoms with Crippen LogP contribution in [0.15, 0.2) is 0 Å². The Morgan fingerprint density at radius 2 is 2.11 bits per heavy atom. The van der Waals surface area contributed by atoms with Crippen molar-refractivity contribution >= 4 is 5.82 Å². The predicted octanol–water partition coefficient (Wildman–Crippen LogP) is 1.31. The maximum absolute atomic E-state index is 5.18. The van der Waals surface area contributed by atoms with Gasteiger partial charge in [0.15, 0.2) is 0 Å². The summed E-state index contributed by atoms with van der Waals surface area (Å²) in [6.07, 6.45) is 0. The Bertz CT molecular complexity index is 362. The van der Waals surface area contributed by atoms with Crippen molar-refractivity contribution in [3.05, 3.63) is 11.3 Å². The molecule has 0 saturated heterocycles. The number of aromatic nitrogens is 2. The molecule has 18 heavy (non-hydrogen) atoms. The summed E-state index contributed by atoms with van der Waals surface area (Å²) in [5, 5.41) is 7.92. The Kier molecular flexibility index (Phi) is 6.15. The van der Waals surface area contributed by atoms with E-state index in [0.29, 0.717) is 0 Å². The number of aryl methyl sites for hydroxylation is 2. The van der Waals surface area contributed by atoms with Gasteiger partial charge in [0.2, 0.25) is 0 Å². The number of hydrogen-bond acceptors (Lipinski definition) is 4. The molecule has 1 N–H and O–H groups in total. The average Bonchev–Trinajstić information content (AvgIpc) is 2.63. The van der Waals surface area contributed by atoms with Gasteiger partial charge in [-0.15, -0.1) is 0 Å². The fraction of sp³-hybridized carbons (Fsp3) is 0.769. The first-order valence-electron chi connectivity index (χ1n) is 6.62. The molecule has 1 heterocycles. The standard InChI is InChI=1S/C13H26N4O/c1-6-14-10-12-11(3)15-16(4)13(12)17(7-2)8-9-18-5/h14H,6-10H2,1-5H3. The van der Waals surface area contributed by atoms with Gasteiger partial charge in [0, 0.05) is 39.4 Å². The fourth-order valence-corrected chi connectivity index (χ4v) is 2.16. The van der Waals surface area contributed by atoms with Gasteiger partial charge in [-0.3, -0.25) is 4.68 Å². The van der Waals surface area contributed by atoms with Crippen LogP contribution >= 0.6 is 0 Å². The SMILES string of the molecule is CCNCc1c(C)nn(C)c1N(CC)CCOC. The normalized spacial score (nSPS) is 10.9. The van der Waals surface area contributed by atoms with Crippen LogP contribution in [0, 0.1) is 6.92 Å². The smallest absolute Gasteiger partial charge is 0.131 e. The van der Waals surface area contributed by atoms with Crippen molar-refractivity contribution in [3.63, 3.8) is 0 Å². The molecule has 0 aliphatic heterocycles. The molecule has 0 saturated carbocycles. The predicted molar refractivity (Wildman–Crippen MR) is 75.1 cm³/mol. The number of likely N-dealkylation sites (N-methyl/N-ethyl adjacent to an activating group) is 1. The van der Waals surface area contributed by atoms with Crippen LogP contribution in [0.25, 0.3) is 0 Å². The molecule has 0 spiro atoms. The van der Waals surface area contributed by atoms with Crippen LogP contribution in [0.5, 0.6) is 0 Å². The molecule has 0 atom stereocenters. The molecular weight excluding hydrogens is 228 g/mol. The summed E-state index contributed by atoms with van der Waals surface area (Å²) in [4.78, 5) is 2.32. The molecule has 0 radical (unpaired) electrons. The van der Waals surface area contributed by atoms with Crippen molar-refractivity contribution in [2.75, 3.05) is 38.3 Å². The summed E-state index contributed by atoms with van der Waals surface area (Å²) in [6.45, 7) is 10.8. The van der Waals surface area contributed by atoms with E-state index in [9.17, 15) is 0 Å². The highest BCUT2D eigenvalue weighted by Gasteiger charge is 2.17. The highest BCUT2D eigenvalue weighted by atomic mass is 16.5. The molecule has 5 nitrogen and oxygen atoms in total. The third-order valence-electron chi connectivity index (χ3n) is 3.11. The van der Waals surface area contributed by atoms with Crippen LogP contribution in [-0.4, -0.2) is 43.1 Å². The van der Waals surface area contributed by atoms with Crippen molar-refractivity contribution in [3.8, 4) is 0 Å². The zero-order valence-electron chi connectivity index (χ0n) is 12.3. The molecular formula is C13H26N4O. The monoisotopic (exact) mass is 254 g/mol. The molecule has 5 heteroatoms. The van der Waals surface area contributed by atoms with Gasteiger partial charge in [-0.25, -0.2) is 0 Å². The molecule has 104 valence electrons. The highest BCUT2D eigenvalue weighted by Crippen LogP contribution is 2.22. The maximum Gasteiger partial charge on any atom is 0.131 e. The molecule has 0 aliphatic rings. The molecule has 1 rings (SSSR count). The lowest BCUT2D eigenvalue weighted by Crippen LogP contribution is -2.30. The molecule has 0 amide bonds. The van der Waals surface area contributed by atoms with Gasteiger partial charge in [0.1, 0.15) is 5.82 Å². The van der Waals surface area contributed by atoms with Crippen LogP contribution in [0.4, 0.5) is 5.82 Å². The second-order valence-electron chi connectivity index (χ2n) is 4.36. The minimum Gasteiger partial charge on any atom is -0.383 e. The molecule has 0 bridgehead atoms. The number of nitrogens with one attached hydrogen (secondary N) is 1. The summed E-state index contributed by atoms with van der Waals surface area (Å²) in [6, 6.07) is 0. The number of ether oxygens (including phenoxy) is 1. The van der Waals surface area contributed by atoms with Crippen LogP contribution in [0.1, 0.15) is 25.1 Å². The van der Waals surface area contributed by atoms with Gasteiger partial charge >= 0.3 is 0 Å². The van der Waals surface area contributed by atoms with Gasteiger partial charge < -0.3 is 15.0 Å². The van der Waals surface area contributed by atoms with E-state index in [2.05, 4.69) is 36.1 Å². The topological polar surface area (TPSA) is 42.3 Å². The van der Waals surface area contributed by atoms with Crippen molar-refractivity contribution < 1.29 is 4.74 Å². The fourth-order valence-electron chi connectivity index (χ4n) is 2.16. The van der Waals surface area contributed by atoms with Crippen LogP contribution < -0.4 is 10.2 Å². The van der Waals surface area contributed by atoms with E-state index < -0.39 is 0 Å². The van der Waals surface area contributed by atoms with E-state index >= 15 is 0 Å². The quantitative estimate of drug-likeness (QED) is 0.759. The summed E-state index contributed by atoms with van der Waals surface area (Å²) in [5.74, 6) is 1.20. The number of hydrogen-bond donors (Lipinski definition) is 1. The molecule has 0 aromatic carbocycles. The minimum absolute atomic E-state index is 0.735. The Labute approximate surface area is 110 Å². The van der Waals surface area contributed by atoms with Gasteiger partial charge in [-0.2, -0.15) is 5.10 Å². The second kappa shape index (κ2) is 7.38. The van der Waals surface area contributed by atoms with E-state index in [0.717, 1.165) is 38.5 Å². The first kappa shape index (κ1) is 15.0. The van der Waals surface area contributed by atoms with E-state index in [-0.39, 0.29) is 0 Å². The highest BCUT2D eigenvalue weighted by molar-refractivity contribution is 5.50. The number of anilines is 1. The van der Waals surface area contributed by atoms with Gasteiger partial charge in [-0.05, 0) is 20.4 Å². The molecule has 0 fully saturated rings. The number of methoxy groups -OCH3 is 1. The third kappa shape index (κ3) is 3.46. The Balaban J connectivity index is 2.95. The lowest BCUT2D eigenvalue weighted by Gasteiger charge is -2.24. The Hall–Kier alpha value is -1.07. The molecule has 1 aromatic rings. The van der Waals surface area contributed by atoms with Crippen LogP contribution in [0.3, 0.4) is 0 Å². The van der Waals surface area contributed by atoms with Crippen LogP contribution in [0.2, 0.25) is 0 Å². The largest absolute Gasteiger partial charge is 0.383 e. The average molecular weight is 254 g/mol. The molecule has 0 aliphatic carbocycles. The van der Waals surface area contributed by atoms with E-state index in [1.54, 1.807) is 7.11 Å². The lowest BCUT2D eigenvalue weighted by molar-refractivity contribution is 0.205. The third-order valence-corrected chi connectivity index (χ3v) is 3.11. The van der Waals surface area contributed by atoms with Gasteiger partial charge in [-0.1, -0.05) is 6.92 Å². The van der Waals surface area contributed by atoms with Crippen molar-refractivity contribution in [2.45, 2.75) is 27.3 Å². The van der Waals surface area contributed by atoms with Crippen molar-refractivity contribution in [1.29, 1.82) is 0 Å². The first-order chi connectivity index (χ1) is 8.65. The summed E-state index contributed by atoms with van der Waals surface area (Å²) >= 11 is 0. The Morgan fingerprint density at radius 3 is 2.67 bits per heavy atom. The summed E-state index contributed by atoms with van der Waals surface area (Å²) in [5.41, 5.74) is 2.39. The summed E-state index contributed by atoms with van der Waals surface area (Å²) in [7, 11) is 3.75. The van der Waals surface area contributed by atoms with Crippen molar-refractivity contribution in [1.82, 2.24) is 15.1 Å². The zero-order chi connectivity index (χ0) is 13.5. The lowest BCUT2D eigenvalue weighted by atomic mass is 10.2. The van der Waals surface area contributed by atoms with E-state index in [4.69, 9.17) is 4.74 Å². The van der Waals surface area contributed by atoms with E-state index in [1.807, 2.05) is 11.7 Å². The second-order valence-corrected chi connectivity index (χ2v) is 4.36. The minimum atomic E-state index is 0.735. The van der Waals surface area contributed by atoms with Gasteiger partial charge in [0.25, 0.3) is 0 Å². The molecule has 0 unspecified atom stereocenters. The summed E-state index contributed by atoms with van der Waals surface area (Å²) < 4.78 is 7.15. The van der Waals surface area contributed by atoms with Crippen molar-refractivity contribution in [2.24, 2.45) is 7.05 Å². The van der Waals surface area contributed by atoms with Gasteiger partial charge in [0.05, 0.1) is 12.3 Å². The van der Waals surface area contributed by atoms with E-state index in [1.165, 1.54) is 11.4 Å². The Morgan fingerprint density at radius 1 is 1.39 bits per heavy atom.